The van der Waals surface area contributed by atoms with Gasteiger partial charge in [0.05, 0.1) is 0 Å². The fourth-order valence-electron chi connectivity index (χ4n) is 0.456. The van der Waals surface area contributed by atoms with Gasteiger partial charge in [-0.15, -0.1) is 6.42 Å². The molecule has 0 saturated heterocycles. The van der Waals surface area contributed by atoms with Gasteiger partial charge in [-0.2, -0.15) is 0 Å². The number of hydrogen-bond donors (Lipinski definition) is 0. The Labute approximate surface area is 81.8 Å². The maximum Gasteiger partial charge on any atom is 0.148 e. The smallest absolute Gasteiger partial charge is 0.148 e. The predicted molar refractivity (Wildman–Crippen MR) is 59.2 cm³/mol. The molecule has 13 heavy (non-hydrogen) atoms. The lowest BCUT2D eigenvalue weighted by atomic mass is 10.4. The second-order valence-electron chi connectivity index (χ2n) is 1.84. The Morgan fingerprint density at radius 3 is 2.54 bits per heavy atom. The quantitative estimate of drug-likeness (QED) is 0.364. The summed E-state index contributed by atoms with van der Waals surface area (Å²) in [7, 11) is 0. The van der Waals surface area contributed by atoms with Gasteiger partial charge in [0, 0.05) is 0 Å². The molecule has 0 amide bonds. The van der Waals surface area contributed by atoms with E-state index in [0.29, 0.717) is 5.76 Å². The third-order valence-corrected chi connectivity index (χ3v) is 0.927. The summed E-state index contributed by atoms with van der Waals surface area (Å²) in [6.07, 6.45) is 12.4. The van der Waals surface area contributed by atoms with E-state index in [1.165, 1.54) is 0 Å². The first-order valence-electron chi connectivity index (χ1n) is 4.35. The number of allylic oxidation sites excluding steroid dienone is 4. The van der Waals surface area contributed by atoms with Gasteiger partial charge in [-0.25, -0.2) is 0 Å². The minimum absolute atomic E-state index is 0.277. The van der Waals surface area contributed by atoms with Gasteiger partial charge in [0.15, 0.2) is 0 Å². The van der Waals surface area contributed by atoms with Crippen molar-refractivity contribution in [2.45, 2.75) is 20.8 Å². The number of terminal acetylenes is 1. The van der Waals surface area contributed by atoms with Crippen molar-refractivity contribution < 1.29 is 4.74 Å². The van der Waals surface area contributed by atoms with Crippen LogP contribution in [-0.2, 0) is 4.74 Å². The van der Waals surface area contributed by atoms with E-state index in [4.69, 9.17) is 11.2 Å². The molecular formula is C12H18O. The Morgan fingerprint density at radius 1 is 1.46 bits per heavy atom. The van der Waals surface area contributed by atoms with Crippen LogP contribution in [0.4, 0.5) is 0 Å². The van der Waals surface area contributed by atoms with Crippen LogP contribution in [0.15, 0.2) is 36.6 Å². The zero-order valence-corrected chi connectivity index (χ0v) is 8.71. The molecule has 0 fully saturated rings. The summed E-state index contributed by atoms with van der Waals surface area (Å²) < 4.78 is 4.99. The Balaban J connectivity index is 0. The van der Waals surface area contributed by atoms with E-state index < -0.39 is 0 Å². The van der Waals surface area contributed by atoms with Gasteiger partial charge in [-0.1, -0.05) is 44.6 Å². The zero-order chi connectivity index (χ0) is 10.5. The molecule has 0 aromatic carbocycles. The zero-order valence-electron chi connectivity index (χ0n) is 8.71. The van der Waals surface area contributed by atoms with Gasteiger partial charge in [0.25, 0.3) is 0 Å². The summed E-state index contributed by atoms with van der Waals surface area (Å²) in [5, 5.41) is 0. The van der Waals surface area contributed by atoms with Gasteiger partial charge in [0.1, 0.15) is 12.4 Å². The molecule has 0 aliphatic rings. The number of hydrogen-bond acceptors (Lipinski definition) is 1. The second kappa shape index (κ2) is 13.2. The molecule has 1 nitrogen and oxygen atoms in total. The fourth-order valence-corrected chi connectivity index (χ4v) is 0.456. The molecule has 0 saturated carbocycles. The summed E-state index contributed by atoms with van der Waals surface area (Å²) in [5.41, 5.74) is 0. The van der Waals surface area contributed by atoms with Crippen molar-refractivity contribution in [2.75, 3.05) is 6.61 Å². The van der Waals surface area contributed by atoms with Crippen molar-refractivity contribution in [2.24, 2.45) is 0 Å². The van der Waals surface area contributed by atoms with Gasteiger partial charge in [-0.05, 0) is 13.0 Å². The maximum atomic E-state index is 4.99. The Kier molecular flexibility index (Phi) is 14.3. The Morgan fingerprint density at radius 2 is 2.08 bits per heavy atom. The van der Waals surface area contributed by atoms with Crippen molar-refractivity contribution in [3.8, 4) is 12.3 Å². The number of ether oxygens (including phenoxy) is 1. The molecule has 0 N–H and O–H groups in total. The SMILES string of the molecule is C#CCOC(=C)/C=C\C=C/C.CC. The summed E-state index contributed by atoms with van der Waals surface area (Å²) in [4.78, 5) is 0. The average Bonchev–Trinajstić information content (AvgIpc) is 2.18. The molecule has 0 aromatic rings. The number of rotatable bonds is 4. The van der Waals surface area contributed by atoms with Crippen molar-refractivity contribution in [3.63, 3.8) is 0 Å². The average molecular weight is 178 g/mol. The minimum atomic E-state index is 0.277. The normalized spacial score (nSPS) is 9.08. The van der Waals surface area contributed by atoms with Crippen LogP contribution in [0.5, 0.6) is 0 Å². The summed E-state index contributed by atoms with van der Waals surface area (Å²) in [6.45, 7) is 9.84. The molecule has 0 radical (unpaired) electrons. The Hall–Kier alpha value is -1.42. The molecule has 0 spiro atoms. The monoisotopic (exact) mass is 178 g/mol. The van der Waals surface area contributed by atoms with E-state index in [1.54, 1.807) is 6.08 Å². The van der Waals surface area contributed by atoms with Crippen LogP contribution < -0.4 is 0 Å². The molecule has 0 aliphatic heterocycles. The van der Waals surface area contributed by atoms with E-state index in [2.05, 4.69) is 12.5 Å². The molecule has 0 atom stereocenters. The van der Waals surface area contributed by atoms with Crippen molar-refractivity contribution in [1.82, 2.24) is 0 Å². The van der Waals surface area contributed by atoms with Gasteiger partial charge < -0.3 is 4.74 Å². The molecular weight excluding hydrogens is 160 g/mol. The van der Waals surface area contributed by atoms with E-state index >= 15 is 0 Å². The lowest BCUT2D eigenvalue weighted by molar-refractivity contribution is 0.269. The first kappa shape index (κ1) is 14.1. The third-order valence-electron chi connectivity index (χ3n) is 0.927. The first-order chi connectivity index (χ1) is 6.31. The predicted octanol–water partition coefficient (Wildman–Crippen LogP) is 3.31. The highest BCUT2D eigenvalue weighted by molar-refractivity contribution is 5.14. The van der Waals surface area contributed by atoms with Gasteiger partial charge in [0.2, 0.25) is 0 Å². The summed E-state index contributed by atoms with van der Waals surface area (Å²) >= 11 is 0. The maximum absolute atomic E-state index is 4.99. The second-order valence-corrected chi connectivity index (χ2v) is 1.84. The molecule has 0 aromatic heterocycles. The van der Waals surface area contributed by atoms with E-state index in [-0.39, 0.29) is 6.61 Å². The highest BCUT2D eigenvalue weighted by atomic mass is 16.5. The van der Waals surface area contributed by atoms with Crippen LogP contribution in [-0.4, -0.2) is 6.61 Å². The van der Waals surface area contributed by atoms with Crippen LogP contribution in [0.1, 0.15) is 20.8 Å². The van der Waals surface area contributed by atoms with E-state index in [9.17, 15) is 0 Å². The first-order valence-corrected chi connectivity index (χ1v) is 4.35. The van der Waals surface area contributed by atoms with Gasteiger partial charge in [-0.3, -0.25) is 0 Å². The van der Waals surface area contributed by atoms with Crippen LogP contribution in [0.3, 0.4) is 0 Å². The molecule has 0 unspecified atom stereocenters. The third kappa shape index (κ3) is 13.6. The minimum Gasteiger partial charge on any atom is -0.482 e. The topological polar surface area (TPSA) is 9.23 Å². The lowest BCUT2D eigenvalue weighted by Crippen LogP contribution is -1.86. The molecule has 0 rings (SSSR count). The molecule has 1 heteroatoms. The van der Waals surface area contributed by atoms with Gasteiger partial charge >= 0.3 is 0 Å². The van der Waals surface area contributed by atoms with Crippen molar-refractivity contribution in [3.05, 3.63) is 36.6 Å². The van der Waals surface area contributed by atoms with Crippen LogP contribution in [0, 0.1) is 12.3 Å². The van der Waals surface area contributed by atoms with Crippen molar-refractivity contribution in [1.29, 1.82) is 0 Å². The highest BCUT2D eigenvalue weighted by Crippen LogP contribution is 1.94. The van der Waals surface area contributed by atoms with Crippen LogP contribution in [0.2, 0.25) is 0 Å². The highest BCUT2D eigenvalue weighted by Gasteiger charge is 1.82. The summed E-state index contributed by atoms with van der Waals surface area (Å²) in [5.74, 6) is 2.94. The van der Waals surface area contributed by atoms with E-state index in [0.717, 1.165) is 0 Å². The fraction of sp³-hybridized carbons (Fsp3) is 0.333. The molecule has 72 valence electrons. The largest absolute Gasteiger partial charge is 0.482 e. The summed E-state index contributed by atoms with van der Waals surface area (Å²) in [6, 6.07) is 0. The van der Waals surface area contributed by atoms with Crippen molar-refractivity contribution >= 4 is 0 Å². The van der Waals surface area contributed by atoms with E-state index in [1.807, 2.05) is 39.0 Å². The molecule has 0 heterocycles. The van der Waals surface area contributed by atoms with Crippen LogP contribution >= 0.6 is 0 Å². The molecule has 0 aliphatic carbocycles. The Bertz CT molecular complexity index is 204. The molecule has 0 bridgehead atoms. The van der Waals surface area contributed by atoms with Crippen LogP contribution in [0.25, 0.3) is 0 Å². The lowest BCUT2D eigenvalue weighted by Gasteiger charge is -1.97. The standard InChI is InChI=1S/C10H12O.C2H6/c1-4-6-7-8-10(3)11-9-5-2;1-2/h2,4,6-8H,3,9H2,1H3;1-2H3/b6-4-,8-7-;.